The first-order valence-electron chi connectivity index (χ1n) is 7.57. The zero-order valence-electron chi connectivity index (χ0n) is 13.7. The molecule has 1 heterocycles. The van der Waals surface area contributed by atoms with Gasteiger partial charge >= 0.3 is 5.97 Å². The first-order chi connectivity index (χ1) is 11.9. The minimum absolute atomic E-state index is 0.0272. The van der Waals surface area contributed by atoms with Crippen LogP contribution in [0.2, 0.25) is 0 Å². The van der Waals surface area contributed by atoms with Gasteiger partial charge in [0, 0.05) is 18.7 Å². The van der Waals surface area contributed by atoms with Gasteiger partial charge in [-0.1, -0.05) is 6.07 Å². The summed E-state index contributed by atoms with van der Waals surface area (Å²) >= 11 is 0. The number of nitrogens with one attached hydrogen (secondary N) is 1. The van der Waals surface area contributed by atoms with Gasteiger partial charge in [-0.05, 0) is 18.2 Å². The van der Waals surface area contributed by atoms with Gasteiger partial charge in [0.15, 0.2) is 6.04 Å². The first kappa shape index (κ1) is 19.3. The van der Waals surface area contributed by atoms with Crippen molar-refractivity contribution in [1.82, 2.24) is 9.62 Å². The van der Waals surface area contributed by atoms with Crippen LogP contribution in [0, 0.1) is 0 Å². The minimum Gasteiger partial charge on any atom is -0.467 e. The van der Waals surface area contributed by atoms with E-state index in [-0.39, 0.29) is 23.5 Å². The van der Waals surface area contributed by atoms with Gasteiger partial charge in [-0.3, -0.25) is 4.79 Å². The quantitative estimate of drug-likeness (QED) is 0.612. The third-order valence-electron chi connectivity index (χ3n) is 3.68. The Hall–Kier alpha value is -2.01. The van der Waals surface area contributed by atoms with Crippen molar-refractivity contribution in [2.24, 2.45) is 0 Å². The number of benzene rings is 1. The molecule has 1 aliphatic heterocycles. The maximum absolute atomic E-state index is 12.6. The Morgan fingerprint density at radius 2 is 2.04 bits per heavy atom. The summed E-state index contributed by atoms with van der Waals surface area (Å²) in [5.41, 5.74) is 0.0525. The molecule has 1 atom stereocenters. The Bertz CT molecular complexity index is 729. The van der Waals surface area contributed by atoms with Crippen molar-refractivity contribution in [3.05, 3.63) is 29.8 Å². The van der Waals surface area contributed by atoms with Crippen molar-refractivity contribution >= 4 is 21.9 Å². The van der Waals surface area contributed by atoms with Crippen LogP contribution in [0.1, 0.15) is 10.4 Å². The minimum atomic E-state index is -3.74. The third-order valence-corrected chi connectivity index (χ3v) is 5.57. The van der Waals surface area contributed by atoms with Gasteiger partial charge in [0.1, 0.15) is 0 Å². The van der Waals surface area contributed by atoms with Crippen molar-refractivity contribution in [2.45, 2.75) is 10.9 Å². The van der Waals surface area contributed by atoms with Crippen LogP contribution in [-0.4, -0.2) is 75.8 Å². The van der Waals surface area contributed by atoms with Crippen molar-refractivity contribution < 1.29 is 32.6 Å². The van der Waals surface area contributed by atoms with Crippen molar-refractivity contribution in [3.63, 3.8) is 0 Å². The molecule has 10 heteroatoms. The zero-order valence-corrected chi connectivity index (χ0v) is 14.5. The van der Waals surface area contributed by atoms with Crippen LogP contribution in [0.3, 0.4) is 0 Å². The molecule has 25 heavy (non-hydrogen) atoms. The smallest absolute Gasteiger partial charge is 0.330 e. The molecule has 1 saturated heterocycles. The summed E-state index contributed by atoms with van der Waals surface area (Å²) in [5.74, 6) is -1.49. The molecular weight excluding hydrogens is 352 g/mol. The molecule has 1 amide bonds. The number of hydrogen-bond donors (Lipinski definition) is 2. The van der Waals surface area contributed by atoms with Crippen LogP contribution in [0.4, 0.5) is 0 Å². The molecule has 0 spiro atoms. The number of hydrogen-bond acceptors (Lipinski definition) is 7. The largest absolute Gasteiger partial charge is 0.467 e. The topological polar surface area (TPSA) is 122 Å². The molecule has 0 bridgehead atoms. The summed E-state index contributed by atoms with van der Waals surface area (Å²) in [7, 11) is -2.61. The molecule has 0 aliphatic carbocycles. The lowest BCUT2D eigenvalue weighted by molar-refractivity contribution is -0.143. The molecule has 1 aliphatic rings. The van der Waals surface area contributed by atoms with Crippen LogP contribution < -0.4 is 5.32 Å². The van der Waals surface area contributed by atoms with E-state index >= 15 is 0 Å². The first-order valence-corrected chi connectivity index (χ1v) is 9.01. The molecule has 1 aromatic rings. The molecule has 0 saturated carbocycles. The molecule has 1 fully saturated rings. The SMILES string of the molecule is COC(=O)[C@@H](CO)NC(=O)c1cccc(S(=O)(=O)N2CCOCC2)c1. The number of ether oxygens (including phenoxy) is 2. The number of methoxy groups -OCH3 is 1. The Morgan fingerprint density at radius 3 is 2.64 bits per heavy atom. The highest BCUT2D eigenvalue weighted by molar-refractivity contribution is 7.89. The van der Waals surface area contributed by atoms with Gasteiger partial charge in [0.25, 0.3) is 5.91 Å². The fourth-order valence-electron chi connectivity index (χ4n) is 2.30. The Morgan fingerprint density at radius 1 is 1.36 bits per heavy atom. The van der Waals surface area contributed by atoms with Gasteiger partial charge in [0.2, 0.25) is 10.0 Å². The second kappa shape index (κ2) is 8.39. The average molecular weight is 372 g/mol. The fraction of sp³-hybridized carbons (Fsp3) is 0.467. The lowest BCUT2D eigenvalue weighted by atomic mass is 10.2. The van der Waals surface area contributed by atoms with Gasteiger partial charge in [-0.25, -0.2) is 13.2 Å². The summed E-state index contributed by atoms with van der Waals surface area (Å²) in [6.45, 7) is 0.485. The van der Waals surface area contributed by atoms with E-state index in [0.717, 1.165) is 7.11 Å². The summed E-state index contributed by atoms with van der Waals surface area (Å²) in [5, 5.41) is 11.4. The molecule has 9 nitrogen and oxygen atoms in total. The maximum Gasteiger partial charge on any atom is 0.330 e. The number of nitrogens with zero attached hydrogens (tertiary/aromatic N) is 1. The molecule has 2 rings (SSSR count). The summed E-state index contributed by atoms with van der Waals surface area (Å²) < 4.78 is 36.1. The summed E-state index contributed by atoms with van der Waals surface area (Å²) in [4.78, 5) is 23.6. The van der Waals surface area contributed by atoms with E-state index < -0.39 is 34.5 Å². The maximum atomic E-state index is 12.6. The van der Waals surface area contributed by atoms with Gasteiger partial charge in [0.05, 0.1) is 31.8 Å². The van der Waals surface area contributed by atoms with Crippen LogP contribution in [0.15, 0.2) is 29.2 Å². The predicted molar refractivity (Wildman–Crippen MR) is 86.4 cm³/mol. The van der Waals surface area contributed by atoms with Crippen molar-refractivity contribution in [1.29, 1.82) is 0 Å². The van der Waals surface area contributed by atoms with Crippen molar-refractivity contribution in [2.75, 3.05) is 40.0 Å². The number of carbonyl (C=O) groups excluding carboxylic acids is 2. The highest BCUT2D eigenvalue weighted by atomic mass is 32.2. The second-order valence-corrected chi connectivity index (χ2v) is 7.21. The van der Waals surface area contributed by atoms with E-state index in [0.29, 0.717) is 13.2 Å². The van der Waals surface area contributed by atoms with E-state index in [9.17, 15) is 18.0 Å². The molecule has 0 unspecified atom stereocenters. The van der Waals surface area contributed by atoms with E-state index in [1.54, 1.807) is 0 Å². The van der Waals surface area contributed by atoms with Crippen LogP contribution in [0.5, 0.6) is 0 Å². The van der Waals surface area contributed by atoms with E-state index in [2.05, 4.69) is 10.1 Å². The molecule has 0 aromatic heterocycles. The highest BCUT2D eigenvalue weighted by Gasteiger charge is 2.27. The number of rotatable bonds is 6. The summed E-state index contributed by atoms with van der Waals surface area (Å²) in [6.07, 6.45) is 0. The molecule has 2 N–H and O–H groups in total. The van der Waals surface area contributed by atoms with Gasteiger partial charge < -0.3 is 19.9 Å². The van der Waals surface area contributed by atoms with E-state index in [1.807, 2.05) is 0 Å². The Balaban J connectivity index is 2.20. The number of esters is 1. The fourth-order valence-corrected chi connectivity index (χ4v) is 3.75. The van der Waals surface area contributed by atoms with Crippen LogP contribution in [-0.2, 0) is 24.3 Å². The standard InChI is InChI=1S/C15H20N2O7S/c1-23-15(20)13(10-18)16-14(19)11-3-2-4-12(9-11)25(21,22)17-5-7-24-8-6-17/h2-4,9,13,18H,5-8,10H2,1H3,(H,16,19)/t13-/m1/s1. The lowest BCUT2D eigenvalue weighted by Gasteiger charge is -2.26. The molecule has 138 valence electrons. The Kier molecular flexibility index (Phi) is 6.48. The van der Waals surface area contributed by atoms with Crippen molar-refractivity contribution in [3.8, 4) is 0 Å². The summed E-state index contributed by atoms with van der Waals surface area (Å²) in [6, 6.07) is 4.25. The number of sulfonamides is 1. The third kappa shape index (κ3) is 4.54. The van der Waals surface area contributed by atoms with Gasteiger partial charge in [-0.15, -0.1) is 0 Å². The molecular formula is C15H20N2O7S. The lowest BCUT2D eigenvalue weighted by Crippen LogP contribution is -2.44. The zero-order chi connectivity index (χ0) is 18.4. The molecule has 0 radical (unpaired) electrons. The highest BCUT2D eigenvalue weighted by Crippen LogP contribution is 2.18. The van der Waals surface area contributed by atoms with Gasteiger partial charge in [-0.2, -0.15) is 4.31 Å². The van der Waals surface area contributed by atoms with Crippen LogP contribution in [0.25, 0.3) is 0 Å². The normalized spacial score (nSPS) is 16.9. The average Bonchev–Trinajstić information content (AvgIpc) is 2.66. The number of carbonyl (C=O) groups is 2. The number of morpholine rings is 1. The number of amides is 1. The second-order valence-electron chi connectivity index (χ2n) is 5.28. The predicted octanol–water partition coefficient (Wildman–Crippen LogP) is -1.03. The Labute approximate surface area is 145 Å². The molecule has 1 aromatic carbocycles. The van der Waals surface area contributed by atoms with Crippen LogP contribution >= 0.6 is 0 Å². The monoisotopic (exact) mass is 372 g/mol. The van der Waals surface area contributed by atoms with E-state index in [1.165, 1.54) is 28.6 Å². The number of aliphatic hydroxyl groups is 1. The van der Waals surface area contributed by atoms with E-state index in [4.69, 9.17) is 9.84 Å². The number of aliphatic hydroxyl groups excluding tert-OH is 1.